The number of methoxy groups -OCH3 is 1. The van der Waals surface area contributed by atoms with Gasteiger partial charge in [-0.3, -0.25) is 9.52 Å². The number of carbonyl (C=O) groups excluding carboxylic acids is 1. The topological polar surface area (TPSA) is 87.7 Å². The summed E-state index contributed by atoms with van der Waals surface area (Å²) in [6.45, 7) is 4.63. The van der Waals surface area contributed by atoms with E-state index in [-0.39, 0.29) is 28.2 Å². The number of halogens is 1. The molecule has 0 aliphatic carbocycles. The first-order valence-electron chi connectivity index (χ1n) is 9.46. The summed E-state index contributed by atoms with van der Waals surface area (Å²) in [7, 11) is 1.35. The second-order valence-electron chi connectivity index (χ2n) is 7.46. The van der Waals surface area contributed by atoms with E-state index >= 15 is 0 Å². The van der Waals surface area contributed by atoms with E-state index in [9.17, 15) is 13.2 Å². The van der Waals surface area contributed by atoms with Crippen LogP contribution in [0.3, 0.4) is 0 Å². The molecule has 0 unspecified atom stereocenters. The lowest BCUT2D eigenvalue weighted by atomic mass is 10.0. The van der Waals surface area contributed by atoms with Crippen LogP contribution in [0.15, 0.2) is 51.8 Å². The van der Waals surface area contributed by atoms with Crippen molar-refractivity contribution in [2.45, 2.75) is 24.8 Å². The predicted octanol–water partition coefficient (Wildman–Crippen LogP) is 3.57. The maximum Gasteiger partial charge on any atom is 0.265 e. The SMILES string of the molecule is COc1ccc(C(=O)NC[C@H](C(C)C)N(C)C)cc1S(=O)(=O)Nc1ccc(Br)cc1. The van der Waals surface area contributed by atoms with Gasteiger partial charge in [0.05, 0.1) is 7.11 Å². The van der Waals surface area contributed by atoms with Gasteiger partial charge in [0.15, 0.2) is 0 Å². The summed E-state index contributed by atoms with van der Waals surface area (Å²) in [6, 6.07) is 11.3. The number of nitrogens with one attached hydrogen (secondary N) is 2. The Hall–Kier alpha value is -2.10. The monoisotopic (exact) mass is 497 g/mol. The maximum atomic E-state index is 12.9. The summed E-state index contributed by atoms with van der Waals surface area (Å²) in [5, 5.41) is 2.89. The van der Waals surface area contributed by atoms with Crippen molar-refractivity contribution in [2.75, 3.05) is 32.5 Å². The highest BCUT2D eigenvalue weighted by Crippen LogP contribution is 2.27. The standard InChI is InChI=1S/C21H28BrN3O4S/c1-14(2)18(25(3)4)13-23-21(26)15-6-11-19(29-5)20(12-15)30(27,28)24-17-9-7-16(22)8-10-17/h6-12,14,18,24H,13H2,1-5H3,(H,23,26)/t18-/m1/s1. The number of likely N-dealkylation sites (N-methyl/N-ethyl adjacent to an activating group) is 1. The Balaban J connectivity index is 2.27. The number of hydrogen-bond acceptors (Lipinski definition) is 5. The summed E-state index contributed by atoms with van der Waals surface area (Å²) in [5.74, 6) is 0.164. The van der Waals surface area contributed by atoms with Crippen LogP contribution in [0, 0.1) is 5.92 Å². The molecule has 0 aromatic heterocycles. The highest BCUT2D eigenvalue weighted by molar-refractivity contribution is 9.10. The van der Waals surface area contributed by atoms with Gasteiger partial charge >= 0.3 is 0 Å². The lowest BCUT2D eigenvalue weighted by Gasteiger charge is -2.28. The zero-order valence-electron chi connectivity index (χ0n) is 17.8. The van der Waals surface area contributed by atoms with E-state index in [1.54, 1.807) is 30.3 Å². The van der Waals surface area contributed by atoms with Gasteiger partial charge in [0.25, 0.3) is 15.9 Å². The summed E-state index contributed by atoms with van der Waals surface area (Å²) < 4.78 is 34.5. The van der Waals surface area contributed by atoms with Gasteiger partial charge in [-0.05, 0) is 62.5 Å². The minimum absolute atomic E-state index is 0.103. The summed E-state index contributed by atoms with van der Waals surface area (Å²) >= 11 is 3.32. The van der Waals surface area contributed by atoms with E-state index in [0.717, 1.165) is 4.47 Å². The Bertz CT molecular complexity index is 968. The number of rotatable bonds is 9. The molecule has 0 bridgehead atoms. The molecule has 2 N–H and O–H groups in total. The smallest absolute Gasteiger partial charge is 0.265 e. The summed E-state index contributed by atoms with van der Waals surface area (Å²) in [4.78, 5) is 14.6. The molecule has 164 valence electrons. The molecule has 1 amide bonds. The molecule has 0 aliphatic heterocycles. The van der Waals surface area contributed by atoms with Gasteiger partial charge in [0.2, 0.25) is 0 Å². The third kappa shape index (κ3) is 6.20. The third-order valence-corrected chi connectivity index (χ3v) is 6.65. The van der Waals surface area contributed by atoms with E-state index in [1.807, 2.05) is 14.1 Å². The van der Waals surface area contributed by atoms with E-state index in [2.05, 4.69) is 44.7 Å². The zero-order valence-corrected chi connectivity index (χ0v) is 20.2. The van der Waals surface area contributed by atoms with Crippen molar-refractivity contribution in [1.29, 1.82) is 0 Å². The zero-order chi connectivity index (χ0) is 22.5. The van der Waals surface area contributed by atoms with E-state index in [1.165, 1.54) is 19.2 Å². The lowest BCUT2D eigenvalue weighted by Crippen LogP contribution is -2.43. The molecule has 2 aromatic carbocycles. The number of amides is 1. The molecule has 0 saturated heterocycles. The lowest BCUT2D eigenvalue weighted by molar-refractivity contribution is 0.0934. The molecule has 0 heterocycles. The molecule has 0 radical (unpaired) electrons. The van der Waals surface area contributed by atoms with Crippen molar-refractivity contribution >= 4 is 37.5 Å². The van der Waals surface area contributed by atoms with Gasteiger partial charge in [-0.15, -0.1) is 0 Å². The van der Waals surface area contributed by atoms with Crippen LogP contribution in [-0.4, -0.2) is 53.0 Å². The van der Waals surface area contributed by atoms with Crippen molar-refractivity contribution in [3.63, 3.8) is 0 Å². The van der Waals surface area contributed by atoms with Crippen molar-refractivity contribution in [2.24, 2.45) is 5.92 Å². The fraction of sp³-hybridized carbons (Fsp3) is 0.381. The average Bonchev–Trinajstić information content (AvgIpc) is 2.68. The Kier molecular flexibility index (Phi) is 8.28. The summed E-state index contributed by atoms with van der Waals surface area (Å²) in [5.41, 5.74) is 0.647. The molecule has 0 spiro atoms. The van der Waals surface area contributed by atoms with Crippen LogP contribution in [0.25, 0.3) is 0 Å². The number of nitrogens with zero attached hydrogens (tertiary/aromatic N) is 1. The fourth-order valence-corrected chi connectivity index (χ4v) is 4.59. The van der Waals surface area contributed by atoms with Crippen LogP contribution < -0.4 is 14.8 Å². The van der Waals surface area contributed by atoms with Gasteiger partial charge in [-0.25, -0.2) is 8.42 Å². The Morgan fingerprint density at radius 2 is 1.77 bits per heavy atom. The van der Waals surface area contributed by atoms with Crippen molar-refractivity contribution < 1.29 is 17.9 Å². The largest absolute Gasteiger partial charge is 0.495 e. The average molecular weight is 498 g/mol. The van der Waals surface area contributed by atoms with Crippen LogP contribution >= 0.6 is 15.9 Å². The highest BCUT2D eigenvalue weighted by Gasteiger charge is 2.23. The van der Waals surface area contributed by atoms with Crippen molar-refractivity contribution in [3.05, 3.63) is 52.5 Å². The summed E-state index contributed by atoms with van der Waals surface area (Å²) in [6.07, 6.45) is 0. The molecule has 9 heteroatoms. The second-order valence-corrected chi connectivity index (χ2v) is 10.0. The number of benzene rings is 2. The molecule has 7 nitrogen and oxygen atoms in total. The van der Waals surface area contributed by atoms with Crippen LogP contribution in [0.1, 0.15) is 24.2 Å². The Morgan fingerprint density at radius 1 is 1.13 bits per heavy atom. The number of hydrogen-bond donors (Lipinski definition) is 2. The highest BCUT2D eigenvalue weighted by atomic mass is 79.9. The van der Waals surface area contributed by atoms with E-state index in [0.29, 0.717) is 18.2 Å². The first-order chi connectivity index (χ1) is 14.0. The quantitative estimate of drug-likeness (QED) is 0.552. The van der Waals surface area contributed by atoms with Crippen LogP contribution in [0.2, 0.25) is 0 Å². The minimum atomic E-state index is -3.96. The third-order valence-electron chi connectivity index (χ3n) is 4.72. The Morgan fingerprint density at radius 3 is 2.30 bits per heavy atom. The molecule has 0 saturated carbocycles. The van der Waals surface area contributed by atoms with Crippen LogP contribution in [0.4, 0.5) is 5.69 Å². The Labute approximate surface area is 187 Å². The first-order valence-corrected chi connectivity index (χ1v) is 11.7. The number of sulfonamides is 1. The van der Waals surface area contributed by atoms with E-state index in [4.69, 9.17) is 4.74 Å². The van der Waals surface area contributed by atoms with Crippen molar-refractivity contribution in [3.8, 4) is 5.75 Å². The van der Waals surface area contributed by atoms with E-state index < -0.39 is 10.0 Å². The number of anilines is 1. The maximum absolute atomic E-state index is 12.9. The molecular formula is C21H28BrN3O4S. The fourth-order valence-electron chi connectivity index (χ4n) is 3.07. The van der Waals surface area contributed by atoms with Gasteiger partial charge in [0, 0.05) is 28.3 Å². The number of carbonyl (C=O) groups is 1. The van der Waals surface area contributed by atoms with Gasteiger partial charge < -0.3 is 15.0 Å². The number of ether oxygens (including phenoxy) is 1. The molecule has 2 rings (SSSR count). The normalized spacial score (nSPS) is 12.7. The van der Waals surface area contributed by atoms with Gasteiger partial charge in [-0.1, -0.05) is 29.8 Å². The predicted molar refractivity (Wildman–Crippen MR) is 123 cm³/mol. The molecule has 0 fully saturated rings. The van der Waals surface area contributed by atoms with Gasteiger partial charge in [0.1, 0.15) is 10.6 Å². The molecule has 1 atom stereocenters. The van der Waals surface area contributed by atoms with Crippen LogP contribution in [-0.2, 0) is 10.0 Å². The second kappa shape index (κ2) is 10.3. The molecule has 2 aromatic rings. The van der Waals surface area contributed by atoms with Crippen LogP contribution in [0.5, 0.6) is 5.75 Å². The van der Waals surface area contributed by atoms with Crippen molar-refractivity contribution in [1.82, 2.24) is 10.2 Å². The molecule has 30 heavy (non-hydrogen) atoms. The minimum Gasteiger partial charge on any atom is -0.495 e. The molecular weight excluding hydrogens is 470 g/mol. The first kappa shape index (κ1) is 24.2. The molecule has 0 aliphatic rings. The van der Waals surface area contributed by atoms with Gasteiger partial charge in [-0.2, -0.15) is 0 Å².